The molecule has 5 nitrogen and oxygen atoms in total. The summed E-state index contributed by atoms with van der Waals surface area (Å²) in [5, 5.41) is 0. The number of aromatic nitrogens is 1. The molecule has 0 N–H and O–H groups in total. The third-order valence-electron chi connectivity index (χ3n) is 4.93. The molecule has 0 unspecified atom stereocenters. The van der Waals surface area contributed by atoms with E-state index in [0.29, 0.717) is 40.3 Å². The second kappa shape index (κ2) is 9.18. The zero-order valence-corrected chi connectivity index (χ0v) is 18.5. The molecule has 0 saturated carbocycles. The first-order valence-corrected chi connectivity index (χ1v) is 10.6. The summed E-state index contributed by atoms with van der Waals surface area (Å²) in [4.78, 5) is 24.8. The Kier molecular flexibility index (Phi) is 6.18. The predicted octanol–water partition coefficient (Wildman–Crippen LogP) is 5.94. The van der Waals surface area contributed by atoms with Gasteiger partial charge in [0.15, 0.2) is 6.29 Å². The third kappa shape index (κ3) is 4.11. The second-order valence-electron chi connectivity index (χ2n) is 6.85. The second-order valence-corrected chi connectivity index (χ2v) is 7.70. The van der Waals surface area contributed by atoms with Crippen LogP contribution in [0.4, 0.5) is 0 Å². The fraction of sp³-hybridized carbons (Fsp3) is 0.120. The molecule has 0 aliphatic heterocycles. The van der Waals surface area contributed by atoms with Gasteiger partial charge in [0.05, 0.1) is 27.9 Å². The monoisotopic (exact) mass is 477 g/mol. The van der Waals surface area contributed by atoms with Crippen LogP contribution in [0.2, 0.25) is 0 Å². The maximum atomic E-state index is 12.8. The summed E-state index contributed by atoms with van der Waals surface area (Å²) in [6, 6.07) is 20.8. The summed E-state index contributed by atoms with van der Waals surface area (Å²) in [6.45, 7) is 2.43. The van der Waals surface area contributed by atoms with Gasteiger partial charge in [0, 0.05) is 11.8 Å². The molecule has 0 atom stereocenters. The van der Waals surface area contributed by atoms with E-state index in [-0.39, 0.29) is 6.61 Å². The first-order valence-electron chi connectivity index (χ1n) is 9.86. The Hall–Kier alpha value is -3.38. The van der Waals surface area contributed by atoms with E-state index < -0.39 is 5.97 Å². The molecule has 6 heteroatoms. The summed E-state index contributed by atoms with van der Waals surface area (Å²) in [7, 11) is 0. The summed E-state index contributed by atoms with van der Waals surface area (Å²) in [5.74, 6) is 0.205. The highest BCUT2D eigenvalue weighted by Gasteiger charge is 2.25. The molecule has 0 aliphatic carbocycles. The van der Waals surface area contributed by atoms with Gasteiger partial charge in [0.1, 0.15) is 12.4 Å². The molecule has 4 rings (SSSR count). The molecule has 31 heavy (non-hydrogen) atoms. The topological polar surface area (TPSA) is 57.0 Å². The number of rotatable bonds is 7. The van der Waals surface area contributed by atoms with Crippen LogP contribution < -0.4 is 4.74 Å². The Bertz CT molecular complexity index is 1250. The quantitative estimate of drug-likeness (QED) is 0.244. The molecular weight excluding hydrogens is 458 g/mol. The lowest BCUT2D eigenvalue weighted by molar-refractivity contribution is 0.0529. The van der Waals surface area contributed by atoms with Gasteiger partial charge in [-0.15, -0.1) is 0 Å². The predicted molar refractivity (Wildman–Crippen MR) is 123 cm³/mol. The Morgan fingerprint density at radius 2 is 1.84 bits per heavy atom. The minimum atomic E-state index is -0.463. The molecule has 0 bridgehead atoms. The SMILES string of the molecule is CCOC(=O)c1c(-c2ccc(OCc3ccccc3)c(Br)c2)c(C=O)n2ccccc12. The maximum absolute atomic E-state index is 12.8. The van der Waals surface area contributed by atoms with E-state index in [1.807, 2.05) is 60.7 Å². The summed E-state index contributed by atoms with van der Waals surface area (Å²) >= 11 is 3.56. The highest BCUT2D eigenvalue weighted by molar-refractivity contribution is 9.10. The van der Waals surface area contributed by atoms with Gasteiger partial charge in [0.25, 0.3) is 0 Å². The lowest BCUT2D eigenvalue weighted by atomic mass is 10.0. The van der Waals surface area contributed by atoms with Crippen LogP contribution in [0.5, 0.6) is 5.75 Å². The molecule has 0 amide bonds. The number of hydrogen-bond acceptors (Lipinski definition) is 4. The number of esters is 1. The first-order chi connectivity index (χ1) is 15.1. The molecule has 2 aromatic heterocycles. The highest BCUT2D eigenvalue weighted by atomic mass is 79.9. The number of carbonyl (C=O) groups excluding carboxylic acids is 2. The summed E-state index contributed by atoms with van der Waals surface area (Å²) in [5.41, 5.74) is 3.70. The number of aldehydes is 1. The van der Waals surface area contributed by atoms with Crippen molar-refractivity contribution in [3.05, 3.63) is 94.2 Å². The van der Waals surface area contributed by atoms with Gasteiger partial charge >= 0.3 is 5.97 Å². The van der Waals surface area contributed by atoms with Gasteiger partial charge in [-0.2, -0.15) is 0 Å². The maximum Gasteiger partial charge on any atom is 0.340 e. The van der Waals surface area contributed by atoms with Crippen LogP contribution in [-0.4, -0.2) is 23.3 Å². The van der Waals surface area contributed by atoms with Crippen molar-refractivity contribution in [3.63, 3.8) is 0 Å². The van der Waals surface area contributed by atoms with Crippen molar-refractivity contribution in [2.24, 2.45) is 0 Å². The van der Waals surface area contributed by atoms with Gasteiger partial charge in [-0.3, -0.25) is 4.79 Å². The van der Waals surface area contributed by atoms with Gasteiger partial charge in [-0.25, -0.2) is 4.79 Å². The Morgan fingerprint density at radius 3 is 2.55 bits per heavy atom. The first kappa shape index (κ1) is 20.9. The van der Waals surface area contributed by atoms with E-state index in [9.17, 15) is 9.59 Å². The van der Waals surface area contributed by atoms with Crippen LogP contribution in [0.1, 0.15) is 33.3 Å². The van der Waals surface area contributed by atoms with Gasteiger partial charge in [-0.1, -0.05) is 42.5 Å². The number of pyridine rings is 1. The van der Waals surface area contributed by atoms with E-state index in [1.165, 1.54) is 0 Å². The molecule has 0 spiro atoms. The fourth-order valence-corrected chi connectivity index (χ4v) is 4.05. The molecule has 2 heterocycles. The minimum absolute atomic E-state index is 0.245. The van der Waals surface area contributed by atoms with Gasteiger partial charge in [0.2, 0.25) is 0 Å². The van der Waals surface area contributed by atoms with Gasteiger partial charge < -0.3 is 13.9 Å². The molecule has 156 valence electrons. The van der Waals surface area contributed by atoms with Gasteiger partial charge in [-0.05, 0) is 58.2 Å². The number of carbonyl (C=O) groups is 2. The van der Waals surface area contributed by atoms with Crippen molar-refractivity contribution in [1.82, 2.24) is 4.40 Å². The molecule has 0 radical (unpaired) electrons. The lowest BCUT2D eigenvalue weighted by Crippen LogP contribution is -2.06. The van der Waals surface area contributed by atoms with E-state index in [2.05, 4.69) is 15.9 Å². The zero-order chi connectivity index (χ0) is 21.8. The van der Waals surface area contributed by atoms with Crippen LogP contribution in [0.15, 0.2) is 77.4 Å². The number of halogens is 1. The molecule has 0 fully saturated rings. The average molecular weight is 478 g/mol. The lowest BCUT2D eigenvalue weighted by Gasteiger charge is -2.11. The largest absolute Gasteiger partial charge is 0.488 e. The third-order valence-corrected chi connectivity index (χ3v) is 5.55. The zero-order valence-electron chi connectivity index (χ0n) is 16.9. The van der Waals surface area contributed by atoms with Crippen molar-refractivity contribution in [2.75, 3.05) is 6.61 Å². The smallest absolute Gasteiger partial charge is 0.340 e. The number of benzene rings is 2. The fourth-order valence-electron chi connectivity index (χ4n) is 3.56. The van der Waals surface area contributed by atoms with Crippen LogP contribution >= 0.6 is 15.9 Å². The van der Waals surface area contributed by atoms with E-state index in [4.69, 9.17) is 9.47 Å². The van der Waals surface area contributed by atoms with Crippen molar-refractivity contribution >= 4 is 33.7 Å². The van der Waals surface area contributed by atoms with E-state index in [1.54, 1.807) is 23.6 Å². The van der Waals surface area contributed by atoms with E-state index in [0.717, 1.165) is 16.3 Å². The Balaban J connectivity index is 1.77. The normalized spacial score (nSPS) is 10.8. The number of hydrogen-bond donors (Lipinski definition) is 0. The van der Waals surface area contributed by atoms with E-state index >= 15 is 0 Å². The minimum Gasteiger partial charge on any atom is -0.488 e. The molecule has 4 aromatic rings. The van der Waals surface area contributed by atoms with Crippen molar-refractivity contribution in [2.45, 2.75) is 13.5 Å². The van der Waals surface area contributed by atoms with Crippen LogP contribution in [0.25, 0.3) is 16.6 Å². The summed E-state index contributed by atoms with van der Waals surface area (Å²) in [6.07, 6.45) is 2.52. The number of nitrogens with zero attached hydrogens (tertiary/aromatic N) is 1. The Labute approximate surface area is 188 Å². The van der Waals surface area contributed by atoms with Crippen molar-refractivity contribution in [1.29, 1.82) is 0 Å². The van der Waals surface area contributed by atoms with Crippen molar-refractivity contribution < 1.29 is 19.1 Å². The molecule has 0 saturated heterocycles. The van der Waals surface area contributed by atoms with Crippen LogP contribution in [0, 0.1) is 0 Å². The molecule has 0 aliphatic rings. The molecule has 2 aromatic carbocycles. The molecular formula is C25H20BrNO4. The number of fused-ring (bicyclic) bond motifs is 1. The average Bonchev–Trinajstić information content (AvgIpc) is 3.13. The number of ether oxygens (including phenoxy) is 2. The van der Waals surface area contributed by atoms with Crippen LogP contribution in [-0.2, 0) is 11.3 Å². The highest BCUT2D eigenvalue weighted by Crippen LogP contribution is 2.37. The Morgan fingerprint density at radius 1 is 1.06 bits per heavy atom. The summed E-state index contributed by atoms with van der Waals surface area (Å²) < 4.78 is 13.7. The van der Waals surface area contributed by atoms with Crippen molar-refractivity contribution in [3.8, 4) is 16.9 Å². The standard InChI is InChI=1S/C25H20BrNO4/c1-2-30-25(29)24-20-10-6-7-13-27(20)21(15-28)23(24)18-11-12-22(19(26)14-18)31-16-17-8-4-3-5-9-17/h3-15H,2,16H2,1H3. The van der Waals surface area contributed by atoms with Crippen LogP contribution in [0.3, 0.4) is 0 Å².